The van der Waals surface area contributed by atoms with Gasteiger partial charge in [0, 0.05) is 18.8 Å². The summed E-state index contributed by atoms with van der Waals surface area (Å²) in [5.41, 5.74) is 11.7. The van der Waals surface area contributed by atoms with Crippen LogP contribution in [-0.4, -0.2) is 15.7 Å². The van der Waals surface area contributed by atoms with E-state index in [9.17, 15) is 4.79 Å². The Bertz CT molecular complexity index is 562. The molecule has 0 saturated carbocycles. The molecule has 4 N–H and O–H groups in total. The largest absolute Gasteiger partial charge is 0.453 e. The zero-order chi connectivity index (χ0) is 12.4. The van der Waals surface area contributed by atoms with Crippen LogP contribution in [0.5, 0.6) is 11.5 Å². The van der Waals surface area contributed by atoms with Gasteiger partial charge >= 0.3 is 0 Å². The number of rotatable bonds is 3. The third kappa shape index (κ3) is 2.36. The van der Waals surface area contributed by atoms with Crippen LogP contribution in [0.15, 0.2) is 30.6 Å². The lowest BCUT2D eigenvalue weighted by molar-refractivity contribution is 0.0998. The number of anilines is 1. The van der Waals surface area contributed by atoms with Gasteiger partial charge in [0.05, 0.1) is 18.0 Å². The average molecular weight is 232 g/mol. The number of nitrogen functional groups attached to an aromatic ring is 1. The van der Waals surface area contributed by atoms with Crippen LogP contribution in [-0.2, 0) is 7.05 Å². The third-order valence-corrected chi connectivity index (χ3v) is 2.18. The summed E-state index contributed by atoms with van der Waals surface area (Å²) in [6.45, 7) is 0. The number of ether oxygens (including phenoxy) is 1. The van der Waals surface area contributed by atoms with Gasteiger partial charge in [-0.1, -0.05) is 0 Å². The molecule has 88 valence electrons. The molecule has 6 heteroatoms. The van der Waals surface area contributed by atoms with Gasteiger partial charge in [0.2, 0.25) is 0 Å². The lowest BCUT2D eigenvalue weighted by Gasteiger charge is -2.07. The summed E-state index contributed by atoms with van der Waals surface area (Å²) in [6, 6.07) is 4.67. The van der Waals surface area contributed by atoms with E-state index in [1.807, 2.05) is 0 Å². The highest BCUT2D eigenvalue weighted by atomic mass is 16.5. The van der Waals surface area contributed by atoms with Gasteiger partial charge in [-0.25, -0.2) is 0 Å². The number of nitrogens with zero attached hydrogens (tertiary/aromatic N) is 2. The second-order valence-corrected chi connectivity index (χ2v) is 3.57. The normalized spacial score (nSPS) is 10.2. The Morgan fingerprint density at radius 2 is 2.24 bits per heavy atom. The summed E-state index contributed by atoms with van der Waals surface area (Å²) in [5, 5.41) is 3.95. The Hall–Kier alpha value is -2.50. The molecule has 0 fully saturated rings. The van der Waals surface area contributed by atoms with Crippen molar-refractivity contribution in [3.63, 3.8) is 0 Å². The summed E-state index contributed by atoms with van der Waals surface area (Å²) >= 11 is 0. The van der Waals surface area contributed by atoms with E-state index < -0.39 is 5.91 Å². The molecule has 0 radical (unpaired) electrons. The maximum absolute atomic E-state index is 11.2. The first-order valence-corrected chi connectivity index (χ1v) is 4.92. The predicted molar refractivity (Wildman–Crippen MR) is 62.7 cm³/mol. The monoisotopic (exact) mass is 232 g/mol. The van der Waals surface area contributed by atoms with E-state index in [2.05, 4.69) is 5.10 Å². The van der Waals surface area contributed by atoms with Crippen molar-refractivity contribution in [3.8, 4) is 11.5 Å². The van der Waals surface area contributed by atoms with Crippen molar-refractivity contribution in [2.24, 2.45) is 12.8 Å². The number of aromatic nitrogens is 2. The summed E-state index contributed by atoms with van der Waals surface area (Å²) < 4.78 is 7.10. The molecule has 0 aliphatic carbocycles. The van der Waals surface area contributed by atoms with Gasteiger partial charge in [-0.3, -0.25) is 9.48 Å². The summed E-state index contributed by atoms with van der Waals surface area (Å²) in [6.07, 6.45) is 3.21. The third-order valence-electron chi connectivity index (χ3n) is 2.18. The van der Waals surface area contributed by atoms with Crippen molar-refractivity contribution in [2.45, 2.75) is 0 Å². The van der Waals surface area contributed by atoms with Crippen LogP contribution in [0.3, 0.4) is 0 Å². The summed E-state index contributed by atoms with van der Waals surface area (Å²) in [5.74, 6) is 0.273. The smallest absolute Gasteiger partial charge is 0.252 e. The Morgan fingerprint density at radius 3 is 2.82 bits per heavy atom. The van der Waals surface area contributed by atoms with Crippen molar-refractivity contribution in [2.75, 3.05) is 5.73 Å². The molecule has 0 aliphatic heterocycles. The fraction of sp³-hybridized carbons (Fsp3) is 0.0909. The molecule has 0 spiro atoms. The van der Waals surface area contributed by atoms with Crippen LogP contribution >= 0.6 is 0 Å². The number of amides is 1. The van der Waals surface area contributed by atoms with Crippen LogP contribution in [0.1, 0.15) is 10.4 Å². The second kappa shape index (κ2) is 4.17. The van der Waals surface area contributed by atoms with Gasteiger partial charge in [-0.05, 0) is 12.1 Å². The lowest BCUT2D eigenvalue weighted by Crippen LogP contribution is -2.12. The van der Waals surface area contributed by atoms with Crippen molar-refractivity contribution >= 4 is 11.6 Å². The first kappa shape index (κ1) is 11.0. The molecule has 0 saturated heterocycles. The molecule has 1 aromatic carbocycles. The maximum atomic E-state index is 11.2. The number of aryl methyl sites for hydroxylation is 1. The Balaban J connectivity index is 2.37. The zero-order valence-electron chi connectivity index (χ0n) is 9.25. The van der Waals surface area contributed by atoms with E-state index in [0.717, 1.165) is 0 Å². The van der Waals surface area contributed by atoms with Gasteiger partial charge in [0.25, 0.3) is 5.91 Å². The molecule has 0 atom stereocenters. The van der Waals surface area contributed by atoms with Gasteiger partial charge < -0.3 is 16.2 Å². The Labute approximate surface area is 97.8 Å². The van der Waals surface area contributed by atoms with Crippen LogP contribution < -0.4 is 16.2 Å². The molecule has 0 aliphatic rings. The second-order valence-electron chi connectivity index (χ2n) is 3.57. The number of hydrogen-bond donors (Lipinski definition) is 2. The Morgan fingerprint density at radius 1 is 1.47 bits per heavy atom. The Kier molecular flexibility index (Phi) is 2.70. The minimum absolute atomic E-state index is 0.281. The lowest BCUT2D eigenvalue weighted by atomic mass is 10.1. The standard InChI is InChI=1S/C11H12N4O2/c1-15-6-8(5-14-15)17-10-4-7(12)2-3-9(10)11(13)16/h2-6H,12H2,1H3,(H2,13,16). The topological polar surface area (TPSA) is 96.2 Å². The number of nitrogens with two attached hydrogens (primary N) is 2. The zero-order valence-corrected chi connectivity index (χ0v) is 9.25. The highest BCUT2D eigenvalue weighted by Gasteiger charge is 2.11. The fourth-order valence-electron chi connectivity index (χ4n) is 1.41. The van der Waals surface area contributed by atoms with Crippen molar-refractivity contribution < 1.29 is 9.53 Å². The van der Waals surface area contributed by atoms with E-state index in [1.165, 1.54) is 12.3 Å². The average Bonchev–Trinajstić information content (AvgIpc) is 2.63. The van der Waals surface area contributed by atoms with Gasteiger partial charge in [0.1, 0.15) is 5.75 Å². The maximum Gasteiger partial charge on any atom is 0.252 e. The molecular formula is C11H12N4O2. The van der Waals surface area contributed by atoms with Crippen molar-refractivity contribution in [3.05, 3.63) is 36.2 Å². The highest BCUT2D eigenvalue weighted by Crippen LogP contribution is 2.26. The number of carbonyl (C=O) groups excluding carboxylic acids is 1. The fourth-order valence-corrected chi connectivity index (χ4v) is 1.41. The molecule has 2 aromatic rings. The minimum atomic E-state index is -0.566. The number of benzene rings is 1. The predicted octanol–water partition coefficient (Wildman–Crippen LogP) is 0.894. The van der Waals surface area contributed by atoms with Gasteiger partial charge in [0.15, 0.2) is 5.75 Å². The first-order chi connectivity index (χ1) is 8.06. The molecule has 0 bridgehead atoms. The molecule has 1 aromatic heterocycles. The molecule has 0 unspecified atom stereocenters. The van der Waals surface area contributed by atoms with E-state index >= 15 is 0 Å². The van der Waals surface area contributed by atoms with E-state index in [0.29, 0.717) is 17.2 Å². The quantitative estimate of drug-likeness (QED) is 0.768. The molecule has 6 nitrogen and oxygen atoms in total. The minimum Gasteiger partial charge on any atom is -0.453 e. The number of carbonyl (C=O) groups is 1. The van der Waals surface area contributed by atoms with E-state index in [4.69, 9.17) is 16.2 Å². The van der Waals surface area contributed by atoms with Crippen LogP contribution in [0.4, 0.5) is 5.69 Å². The van der Waals surface area contributed by atoms with Crippen LogP contribution in [0, 0.1) is 0 Å². The number of primary amides is 1. The molecule has 2 rings (SSSR count). The van der Waals surface area contributed by atoms with Crippen molar-refractivity contribution in [1.29, 1.82) is 0 Å². The van der Waals surface area contributed by atoms with Crippen LogP contribution in [0.25, 0.3) is 0 Å². The summed E-state index contributed by atoms with van der Waals surface area (Å²) in [7, 11) is 1.77. The van der Waals surface area contributed by atoms with Crippen molar-refractivity contribution in [1.82, 2.24) is 9.78 Å². The molecular weight excluding hydrogens is 220 g/mol. The number of hydrogen-bond acceptors (Lipinski definition) is 4. The molecule has 1 heterocycles. The van der Waals surface area contributed by atoms with Crippen LogP contribution in [0.2, 0.25) is 0 Å². The highest BCUT2D eigenvalue weighted by molar-refractivity contribution is 5.96. The summed E-state index contributed by atoms with van der Waals surface area (Å²) in [4.78, 5) is 11.2. The molecule has 1 amide bonds. The SMILES string of the molecule is Cn1cc(Oc2cc(N)ccc2C(N)=O)cn1. The van der Waals surface area contributed by atoms with Gasteiger partial charge in [-0.2, -0.15) is 5.10 Å². The van der Waals surface area contributed by atoms with E-state index in [1.54, 1.807) is 30.1 Å². The van der Waals surface area contributed by atoms with E-state index in [-0.39, 0.29) is 5.56 Å². The molecule has 17 heavy (non-hydrogen) atoms. The first-order valence-electron chi connectivity index (χ1n) is 4.92. The van der Waals surface area contributed by atoms with Gasteiger partial charge in [-0.15, -0.1) is 0 Å².